The molecule has 1 heterocycles. The van der Waals surface area contributed by atoms with Crippen molar-refractivity contribution in [1.82, 2.24) is 9.66 Å². The molecule has 4 rings (SSSR count). The number of carbonyl (C=O) groups excluding carboxylic acids is 1. The number of nitrogens with zero attached hydrogens (tertiary/aromatic N) is 4. The number of aryl methyl sites for hydroxylation is 1. The summed E-state index contributed by atoms with van der Waals surface area (Å²) in [6.07, 6.45) is 0.144. The third-order valence-corrected chi connectivity index (χ3v) is 6.63. The van der Waals surface area contributed by atoms with Crippen LogP contribution < -0.4 is 15.0 Å². The number of nitro benzene ring substituents is 1. The minimum atomic E-state index is -1.13. The van der Waals surface area contributed by atoms with Crippen molar-refractivity contribution in [3.63, 3.8) is 0 Å². The van der Waals surface area contributed by atoms with E-state index in [4.69, 9.17) is 19.2 Å². The van der Waals surface area contributed by atoms with Crippen LogP contribution in [-0.2, 0) is 9.53 Å². The summed E-state index contributed by atoms with van der Waals surface area (Å²) in [5.74, 6) is 0.265. The van der Waals surface area contributed by atoms with Crippen LogP contribution in [0.1, 0.15) is 50.3 Å². The van der Waals surface area contributed by atoms with Crippen LogP contribution in [0.3, 0.4) is 0 Å². The number of nitro groups is 1. The van der Waals surface area contributed by atoms with Crippen molar-refractivity contribution in [2.75, 3.05) is 13.7 Å². The summed E-state index contributed by atoms with van der Waals surface area (Å²) in [7, 11) is 1.19. The zero-order chi connectivity index (χ0) is 30.6. The topological polar surface area (TPSA) is 135 Å². The Bertz CT molecular complexity index is 1740. The maximum atomic E-state index is 13.8. The first-order valence-corrected chi connectivity index (χ1v) is 13.4. The lowest BCUT2D eigenvalue weighted by Gasteiger charge is -2.18. The van der Waals surface area contributed by atoms with Gasteiger partial charge in [-0.15, -0.1) is 0 Å². The Kier molecular flexibility index (Phi) is 8.99. The molecule has 0 N–H and O–H groups in total. The van der Waals surface area contributed by atoms with Crippen molar-refractivity contribution >= 4 is 28.8 Å². The normalized spacial score (nSPS) is 12.1. The molecule has 0 saturated heterocycles. The smallest absolute Gasteiger partial charge is 0.346 e. The standard InChI is InChI=1S/C31H32N4O7/c1-7-41-27-15-19(4)24(16-23(27)18(2)3)29-33-25-13-9-8-12-22(25)30(36)34(29)32-17-21-11-10-14-26(35(38)39)28(21)42-20(5)31(37)40-6/h8-18,20H,7H2,1-6H3/t20-/m0/s1. The molecule has 1 atom stereocenters. The first kappa shape index (κ1) is 29.9. The Balaban J connectivity index is 1.96. The summed E-state index contributed by atoms with van der Waals surface area (Å²) < 4.78 is 17.4. The number of aromatic nitrogens is 2. The van der Waals surface area contributed by atoms with E-state index in [2.05, 4.69) is 18.9 Å². The fourth-order valence-electron chi connectivity index (χ4n) is 4.50. The van der Waals surface area contributed by atoms with Gasteiger partial charge in [0.1, 0.15) is 5.75 Å². The van der Waals surface area contributed by atoms with Gasteiger partial charge in [-0.05, 0) is 68.1 Å². The average Bonchev–Trinajstić information content (AvgIpc) is 2.96. The van der Waals surface area contributed by atoms with Crippen molar-refractivity contribution < 1.29 is 23.9 Å². The molecule has 0 aliphatic rings. The van der Waals surface area contributed by atoms with Crippen molar-refractivity contribution in [3.8, 4) is 22.9 Å². The minimum absolute atomic E-state index is 0.122. The van der Waals surface area contributed by atoms with Gasteiger partial charge in [-0.3, -0.25) is 14.9 Å². The van der Waals surface area contributed by atoms with Crippen molar-refractivity contribution in [2.24, 2.45) is 5.10 Å². The summed E-state index contributed by atoms with van der Waals surface area (Å²) in [5.41, 5.74) is 2.32. The van der Waals surface area contributed by atoms with E-state index in [0.29, 0.717) is 23.1 Å². The molecule has 0 aliphatic carbocycles. The second-order valence-corrected chi connectivity index (χ2v) is 9.84. The molecule has 3 aromatic carbocycles. The highest BCUT2D eigenvalue weighted by atomic mass is 16.6. The molecule has 0 bridgehead atoms. The number of benzene rings is 3. The zero-order valence-corrected chi connectivity index (χ0v) is 24.3. The molecule has 218 valence electrons. The molecule has 4 aromatic rings. The van der Waals surface area contributed by atoms with Gasteiger partial charge in [0.25, 0.3) is 5.56 Å². The van der Waals surface area contributed by atoms with E-state index in [9.17, 15) is 19.7 Å². The SMILES string of the molecule is CCOc1cc(C)c(-c2nc3ccccc3c(=O)n2N=Cc2cccc([N+](=O)[O-])c2O[C@@H](C)C(=O)OC)cc1C(C)C. The van der Waals surface area contributed by atoms with Crippen molar-refractivity contribution in [2.45, 2.75) is 46.6 Å². The molecule has 0 amide bonds. The van der Waals surface area contributed by atoms with Gasteiger partial charge >= 0.3 is 11.7 Å². The van der Waals surface area contributed by atoms with Crippen molar-refractivity contribution in [1.29, 1.82) is 0 Å². The summed E-state index contributed by atoms with van der Waals surface area (Å²) in [6.45, 7) is 9.84. The van der Waals surface area contributed by atoms with Gasteiger partial charge in [-0.25, -0.2) is 9.78 Å². The van der Waals surface area contributed by atoms with Gasteiger partial charge in [0.05, 0.1) is 35.8 Å². The number of esters is 1. The van der Waals surface area contributed by atoms with E-state index in [1.807, 2.05) is 26.0 Å². The lowest BCUT2D eigenvalue weighted by atomic mass is 9.96. The van der Waals surface area contributed by atoms with Crippen LogP contribution in [0.15, 0.2) is 64.5 Å². The van der Waals surface area contributed by atoms with E-state index < -0.39 is 22.6 Å². The lowest BCUT2D eigenvalue weighted by molar-refractivity contribution is -0.386. The van der Waals surface area contributed by atoms with Crippen LogP contribution in [0.4, 0.5) is 5.69 Å². The lowest BCUT2D eigenvalue weighted by Crippen LogP contribution is -2.26. The highest BCUT2D eigenvalue weighted by molar-refractivity contribution is 5.87. The van der Waals surface area contributed by atoms with Crippen LogP contribution in [0.25, 0.3) is 22.3 Å². The predicted octanol–water partition coefficient (Wildman–Crippen LogP) is 5.62. The van der Waals surface area contributed by atoms with Gasteiger partial charge in [-0.1, -0.05) is 32.0 Å². The zero-order valence-electron chi connectivity index (χ0n) is 24.3. The van der Waals surface area contributed by atoms with Crippen LogP contribution in [0.5, 0.6) is 11.5 Å². The van der Waals surface area contributed by atoms with Crippen LogP contribution in [-0.4, -0.2) is 46.6 Å². The Morgan fingerprint density at radius 3 is 2.55 bits per heavy atom. The van der Waals surface area contributed by atoms with E-state index in [1.54, 1.807) is 24.3 Å². The van der Waals surface area contributed by atoms with Gasteiger partial charge in [0.15, 0.2) is 11.9 Å². The summed E-state index contributed by atoms with van der Waals surface area (Å²) in [6, 6.07) is 15.1. The molecule has 11 nitrogen and oxygen atoms in total. The fourth-order valence-corrected chi connectivity index (χ4v) is 4.50. The summed E-state index contributed by atoms with van der Waals surface area (Å²) in [5, 5.41) is 16.6. The molecule has 11 heteroatoms. The Hall–Kier alpha value is -5.06. The van der Waals surface area contributed by atoms with Gasteiger partial charge in [0.2, 0.25) is 5.75 Å². The highest BCUT2D eigenvalue weighted by Crippen LogP contribution is 2.35. The first-order valence-electron chi connectivity index (χ1n) is 13.4. The number of fused-ring (bicyclic) bond motifs is 1. The number of ether oxygens (including phenoxy) is 3. The molecular weight excluding hydrogens is 540 g/mol. The molecule has 0 spiro atoms. The number of carbonyl (C=O) groups is 1. The monoisotopic (exact) mass is 572 g/mol. The third kappa shape index (κ3) is 5.99. The highest BCUT2D eigenvalue weighted by Gasteiger charge is 2.25. The first-order chi connectivity index (χ1) is 20.1. The van der Waals surface area contributed by atoms with Crippen LogP contribution >= 0.6 is 0 Å². The van der Waals surface area contributed by atoms with Gasteiger partial charge in [0, 0.05) is 17.2 Å². The predicted molar refractivity (Wildman–Crippen MR) is 160 cm³/mol. The minimum Gasteiger partial charge on any atom is -0.494 e. The molecule has 0 unspecified atom stereocenters. The fraction of sp³-hybridized carbons (Fsp3) is 0.290. The Morgan fingerprint density at radius 2 is 1.88 bits per heavy atom. The van der Waals surface area contributed by atoms with Crippen molar-refractivity contribution in [3.05, 3.63) is 91.8 Å². The largest absolute Gasteiger partial charge is 0.494 e. The second-order valence-electron chi connectivity index (χ2n) is 9.84. The van der Waals surface area contributed by atoms with Crippen LogP contribution in [0.2, 0.25) is 0 Å². The number of methoxy groups -OCH3 is 1. The summed E-state index contributed by atoms with van der Waals surface area (Å²) >= 11 is 0. The molecule has 0 aliphatic heterocycles. The number of hydrogen-bond donors (Lipinski definition) is 0. The number of hydrogen-bond acceptors (Lipinski definition) is 9. The number of rotatable bonds is 10. The van der Waals surface area contributed by atoms with E-state index in [0.717, 1.165) is 16.9 Å². The Morgan fingerprint density at radius 1 is 1.14 bits per heavy atom. The molecule has 0 radical (unpaired) electrons. The van der Waals surface area contributed by atoms with E-state index >= 15 is 0 Å². The van der Waals surface area contributed by atoms with Crippen LogP contribution in [0, 0.1) is 17.0 Å². The van der Waals surface area contributed by atoms with Gasteiger partial charge < -0.3 is 14.2 Å². The second kappa shape index (κ2) is 12.6. The van der Waals surface area contributed by atoms with E-state index in [-0.39, 0.29) is 28.7 Å². The number of para-hydroxylation sites is 2. The maximum Gasteiger partial charge on any atom is 0.346 e. The van der Waals surface area contributed by atoms with E-state index in [1.165, 1.54) is 43.1 Å². The average molecular weight is 573 g/mol. The van der Waals surface area contributed by atoms with Gasteiger partial charge in [-0.2, -0.15) is 9.78 Å². The molecule has 42 heavy (non-hydrogen) atoms. The quantitative estimate of drug-likeness (QED) is 0.103. The molecule has 0 fully saturated rings. The molecular formula is C31H32N4O7. The summed E-state index contributed by atoms with van der Waals surface area (Å²) in [4.78, 5) is 41.8. The molecule has 0 saturated carbocycles. The Labute approximate surface area is 242 Å². The third-order valence-electron chi connectivity index (χ3n) is 6.63. The maximum absolute atomic E-state index is 13.8. The molecule has 1 aromatic heterocycles.